The third-order valence-electron chi connectivity index (χ3n) is 2.22. The van der Waals surface area contributed by atoms with Gasteiger partial charge in [0.05, 0.1) is 25.9 Å². The Morgan fingerprint density at radius 1 is 1.64 bits per heavy atom. The van der Waals surface area contributed by atoms with Crippen molar-refractivity contribution in [3.63, 3.8) is 0 Å². The summed E-state index contributed by atoms with van der Waals surface area (Å²) in [5.74, 6) is -0.356. The minimum atomic E-state index is -0.356. The van der Waals surface area contributed by atoms with Crippen molar-refractivity contribution in [3.05, 3.63) is 29.1 Å². The fourth-order valence-electron chi connectivity index (χ4n) is 1.47. The molecule has 1 aromatic heterocycles. The van der Waals surface area contributed by atoms with Gasteiger partial charge in [-0.3, -0.25) is 4.98 Å². The number of methoxy groups -OCH3 is 1. The Balaban J connectivity index is 2.33. The molecule has 2 rings (SSSR count). The standard InChI is InChI=1S/C10H11NO3/c1-13-10(12)7-4-8-6-14-3-2-9(8)11-5-7/h4-5H,2-3,6H2,1H3. The van der Waals surface area contributed by atoms with Crippen LogP contribution in [0.4, 0.5) is 0 Å². The predicted octanol–water partition coefficient (Wildman–Crippen LogP) is 0.941. The van der Waals surface area contributed by atoms with Gasteiger partial charge in [0.1, 0.15) is 0 Å². The summed E-state index contributed by atoms with van der Waals surface area (Å²) in [5, 5.41) is 0. The minimum absolute atomic E-state index is 0.356. The molecule has 1 aromatic rings. The number of rotatable bonds is 1. The van der Waals surface area contributed by atoms with Gasteiger partial charge in [0, 0.05) is 23.9 Å². The zero-order chi connectivity index (χ0) is 9.97. The first kappa shape index (κ1) is 9.15. The average Bonchev–Trinajstić information content (AvgIpc) is 2.27. The molecule has 0 bridgehead atoms. The molecule has 4 heteroatoms. The fourth-order valence-corrected chi connectivity index (χ4v) is 1.47. The molecular weight excluding hydrogens is 182 g/mol. The summed E-state index contributed by atoms with van der Waals surface area (Å²) >= 11 is 0. The lowest BCUT2D eigenvalue weighted by Gasteiger charge is -2.15. The van der Waals surface area contributed by atoms with Crippen molar-refractivity contribution in [1.29, 1.82) is 0 Å². The molecule has 1 aliphatic heterocycles. The molecule has 0 spiro atoms. The Kier molecular flexibility index (Phi) is 2.45. The third kappa shape index (κ3) is 1.61. The first-order chi connectivity index (χ1) is 6.81. The fraction of sp³-hybridized carbons (Fsp3) is 0.400. The van der Waals surface area contributed by atoms with Gasteiger partial charge in [0.25, 0.3) is 0 Å². The van der Waals surface area contributed by atoms with Crippen LogP contribution >= 0.6 is 0 Å². The van der Waals surface area contributed by atoms with Gasteiger partial charge in [-0.2, -0.15) is 0 Å². The highest BCUT2D eigenvalue weighted by molar-refractivity contribution is 5.89. The van der Waals surface area contributed by atoms with Gasteiger partial charge in [0.15, 0.2) is 0 Å². The molecule has 0 radical (unpaired) electrons. The van der Waals surface area contributed by atoms with E-state index in [1.165, 1.54) is 7.11 Å². The average molecular weight is 193 g/mol. The highest BCUT2D eigenvalue weighted by Crippen LogP contribution is 2.15. The van der Waals surface area contributed by atoms with Gasteiger partial charge in [-0.1, -0.05) is 0 Å². The number of hydrogen-bond acceptors (Lipinski definition) is 4. The second-order valence-corrected chi connectivity index (χ2v) is 3.12. The van der Waals surface area contributed by atoms with E-state index < -0.39 is 0 Å². The molecule has 0 atom stereocenters. The lowest BCUT2D eigenvalue weighted by molar-refractivity contribution is 0.0599. The number of ether oxygens (including phenoxy) is 2. The topological polar surface area (TPSA) is 48.4 Å². The van der Waals surface area contributed by atoms with Crippen LogP contribution in [0, 0.1) is 0 Å². The van der Waals surface area contributed by atoms with Crippen molar-refractivity contribution < 1.29 is 14.3 Å². The molecule has 0 aromatic carbocycles. The van der Waals surface area contributed by atoms with Crippen LogP contribution in [-0.2, 0) is 22.5 Å². The summed E-state index contributed by atoms with van der Waals surface area (Å²) < 4.78 is 9.88. The second kappa shape index (κ2) is 3.75. The molecule has 1 aliphatic rings. The van der Waals surface area contributed by atoms with Gasteiger partial charge < -0.3 is 9.47 Å². The SMILES string of the molecule is COC(=O)c1cnc2c(c1)COCC2. The van der Waals surface area contributed by atoms with E-state index in [1.54, 1.807) is 12.3 Å². The van der Waals surface area contributed by atoms with Gasteiger partial charge in [-0.15, -0.1) is 0 Å². The lowest BCUT2D eigenvalue weighted by atomic mass is 10.1. The maximum absolute atomic E-state index is 11.2. The highest BCUT2D eigenvalue weighted by Gasteiger charge is 2.14. The van der Waals surface area contributed by atoms with E-state index in [9.17, 15) is 4.79 Å². The van der Waals surface area contributed by atoms with E-state index in [1.807, 2.05) is 0 Å². The van der Waals surface area contributed by atoms with Crippen LogP contribution in [0.5, 0.6) is 0 Å². The summed E-state index contributed by atoms with van der Waals surface area (Å²) in [6.45, 7) is 1.24. The number of carbonyl (C=O) groups is 1. The van der Waals surface area contributed by atoms with Crippen molar-refractivity contribution in [2.45, 2.75) is 13.0 Å². The molecule has 0 aliphatic carbocycles. The Morgan fingerprint density at radius 2 is 2.50 bits per heavy atom. The van der Waals surface area contributed by atoms with Crippen molar-refractivity contribution in [3.8, 4) is 0 Å². The summed E-state index contributed by atoms with van der Waals surface area (Å²) in [6.07, 6.45) is 2.37. The number of hydrogen-bond donors (Lipinski definition) is 0. The minimum Gasteiger partial charge on any atom is -0.465 e. The molecule has 74 valence electrons. The Bertz CT molecular complexity index is 362. The number of fused-ring (bicyclic) bond motifs is 1. The number of pyridine rings is 1. The van der Waals surface area contributed by atoms with E-state index in [0.29, 0.717) is 18.8 Å². The zero-order valence-electron chi connectivity index (χ0n) is 7.95. The van der Waals surface area contributed by atoms with Crippen molar-refractivity contribution in [2.75, 3.05) is 13.7 Å². The van der Waals surface area contributed by atoms with Crippen LogP contribution in [0.3, 0.4) is 0 Å². The second-order valence-electron chi connectivity index (χ2n) is 3.12. The smallest absolute Gasteiger partial charge is 0.339 e. The molecule has 2 heterocycles. The molecule has 0 fully saturated rings. The van der Waals surface area contributed by atoms with Gasteiger partial charge in [-0.05, 0) is 6.07 Å². The highest BCUT2D eigenvalue weighted by atomic mass is 16.5. The molecule has 14 heavy (non-hydrogen) atoms. The first-order valence-corrected chi connectivity index (χ1v) is 4.45. The van der Waals surface area contributed by atoms with Crippen LogP contribution in [0.2, 0.25) is 0 Å². The maximum atomic E-state index is 11.2. The number of aromatic nitrogens is 1. The number of esters is 1. The normalized spacial score (nSPS) is 14.6. The summed E-state index contributed by atoms with van der Waals surface area (Å²) in [6, 6.07) is 1.79. The zero-order valence-corrected chi connectivity index (χ0v) is 7.95. The molecule has 4 nitrogen and oxygen atoms in total. The summed E-state index contributed by atoms with van der Waals surface area (Å²) in [7, 11) is 1.36. The molecule has 0 unspecified atom stereocenters. The Morgan fingerprint density at radius 3 is 3.29 bits per heavy atom. The van der Waals surface area contributed by atoms with Gasteiger partial charge in [0.2, 0.25) is 0 Å². The van der Waals surface area contributed by atoms with Gasteiger partial charge >= 0.3 is 5.97 Å². The van der Waals surface area contributed by atoms with Crippen LogP contribution in [0.25, 0.3) is 0 Å². The summed E-state index contributed by atoms with van der Waals surface area (Å²) in [4.78, 5) is 15.4. The van der Waals surface area contributed by atoms with E-state index in [0.717, 1.165) is 17.7 Å². The van der Waals surface area contributed by atoms with Crippen LogP contribution in [0.1, 0.15) is 21.6 Å². The maximum Gasteiger partial charge on any atom is 0.339 e. The quantitative estimate of drug-likeness (QED) is 0.623. The van der Waals surface area contributed by atoms with Crippen LogP contribution < -0.4 is 0 Å². The third-order valence-corrected chi connectivity index (χ3v) is 2.22. The predicted molar refractivity (Wildman–Crippen MR) is 48.9 cm³/mol. The number of nitrogens with zero attached hydrogens (tertiary/aromatic N) is 1. The molecular formula is C10H11NO3. The van der Waals surface area contributed by atoms with E-state index in [4.69, 9.17) is 4.74 Å². The van der Waals surface area contributed by atoms with E-state index in [2.05, 4.69) is 9.72 Å². The number of carbonyl (C=O) groups excluding carboxylic acids is 1. The Labute approximate surface area is 81.9 Å². The molecule has 0 saturated carbocycles. The van der Waals surface area contributed by atoms with E-state index >= 15 is 0 Å². The molecule has 0 amide bonds. The van der Waals surface area contributed by atoms with Crippen molar-refractivity contribution in [2.24, 2.45) is 0 Å². The monoisotopic (exact) mass is 193 g/mol. The lowest BCUT2D eigenvalue weighted by Crippen LogP contribution is -2.13. The van der Waals surface area contributed by atoms with E-state index in [-0.39, 0.29) is 5.97 Å². The largest absolute Gasteiger partial charge is 0.465 e. The Hall–Kier alpha value is -1.42. The molecule has 0 N–H and O–H groups in total. The van der Waals surface area contributed by atoms with Crippen molar-refractivity contribution >= 4 is 5.97 Å². The van der Waals surface area contributed by atoms with Crippen LogP contribution in [-0.4, -0.2) is 24.7 Å². The van der Waals surface area contributed by atoms with Gasteiger partial charge in [-0.25, -0.2) is 4.79 Å². The molecule has 0 saturated heterocycles. The van der Waals surface area contributed by atoms with Crippen molar-refractivity contribution in [1.82, 2.24) is 4.98 Å². The van der Waals surface area contributed by atoms with Crippen LogP contribution in [0.15, 0.2) is 12.3 Å². The summed E-state index contributed by atoms with van der Waals surface area (Å²) in [5.41, 5.74) is 2.49. The first-order valence-electron chi connectivity index (χ1n) is 4.45.